The summed E-state index contributed by atoms with van der Waals surface area (Å²) in [6, 6.07) is 9.38. The van der Waals surface area contributed by atoms with E-state index in [-0.39, 0.29) is 19.2 Å². The van der Waals surface area contributed by atoms with Crippen molar-refractivity contribution in [2.24, 2.45) is 7.05 Å². The Morgan fingerprint density at radius 2 is 1.53 bits per heavy atom. The van der Waals surface area contributed by atoms with Gasteiger partial charge in [0.1, 0.15) is 0 Å². The third-order valence-corrected chi connectivity index (χ3v) is 4.53. The van der Waals surface area contributed by atoms with Gasteiger partial charge < -0.3 is 5.32 Å². The summed E-state index contributed by atoms with van der Waals surface area (Å²) in [5.41, 5.74) is -3.82. The van der Waals surface area contributed by atoms with Gasteiger partial charge >= 0.3 is 18.0 Å². The number of nitrogens with one attached hydrogen (secondary N) is 1. The van der Waals surface area contributed by atoms with Crippen LogP contribution in [0.1, 0.15) is 21.5 Å². The van der Waals surface area contributed by atoms with Crippen molar-refractivity contribution < 1.29 is 31.1 Å². The van der Waals surface area contributed by atoms with Gasteiger partial charge in [-0.2, -0.15) is 26.3 Å². The molecular weight excluding hydrogens is 442 g/mol. The molecule has 3 aromatic rings. The molecule has 3 rings (SSSR count). The van der Waals surface area contributed by atoms with Crippen LogP contribution in [0, 0.1) is 0 Å². The van der Waals surface area contributed by atoms with Crippen molar-refractivity contribution in [1.82, 2.24) is 19.7 Å². The average molecular weight is 458 g/mol. The van der Waals surface area contributed by atoms with Crippen LogP contribution in [0.4, 0.5) is 26.3 Å². The predicted octanol–water partition coefficient (Wildman–Crippen LogP) is 3.72. The average Bonchev–Trinajstić information content (AvgIpc) is 3.01. The number of hydrogen-bond acceptors (Lipinski definition) is 3. The highest BCUT2D eigenvalue weighted by molar-refractivity contribution is 5.94. The molecule has 170 valence electrons. The summed E-state index contributed by atoms with van der Waals surface area (Å²) in [7, 11) is 1.49. The van der Waals surface area contributed by atoms with Crippen LogP contribution in [0.2, 0.25) is 0 Å². The molecule has 0 spiro atoms. The molecular formula is C20H16F6N4O2. The maximum Gasteiger partial charge on any atom is 0.416 e. The Morgan fingerprint density at radius 3 is 2.06 bits per heavy atom. The highest BCUT2D eigenvalue weighted by atomic mass is 19.4. The number of carbonyl (C=O) groups is 1. The summed E-state index contributed by atoms with van der Waals surface area (Å²) in [6.07, 6.45) is -10.1. The van der Waals surface area contributed by atoms with Crippen LogP contribution in [0.5, 0.6) is 0 Å². The first kappa shape index (κ1) is 23.1. The van der Waals surface area contributed by atoms with E-state index < -0.39 is 40.6 Å². The zero-order valence-corrected chi connectivity index (χ0v) is 16.5. The molecule has 1 amide bonds. The Bertz CT molecular complexity index is 1150. The molecule has 0 aliphatic carbocycles. The van der Waals surface area contributed by atoms with Crippen LogP contribution >= 0.6 is 0 Å². The standard InChI is InChI=1S/C20H16F6N4O2/c1-29-16(12-5-3-2-4-6-12)28-30(18(29)32)8-7-27-17(31)13-9-14(19(21,22)23)11-15(10-13)20(24,25)26/h2-6,9-11H,7-8H2,1H3,(H,27,31). The van der Waals surface area contributed by atoms with Gasteiger partial charge in [-0.15, -0.1) is 5.10 Å². The molecule has 2 aromatic carbocycles. The van der Waals surface area contributed by atoms with Crippen LogP contribution in [0.25, 0.3) is 11.4 Å². The second-order valence-electron chi connectivity index (χ2n) is 6.80. The number of nitrogens with zero attached hydrogens (tertiary/aromatic N) is 3. The van der Waals surface area contributed by atoms with E-state index in [1.54, 1.807) is 30.3 Å². The first-order chi connectivity index (χ1) is 14.9. The lowest BCUT2D eigenvalue weighted by molar-refractivity contribution is -0.143. The molecule has 0 atom stereocenters. The fourth-order valence-electron chi connectivity index (χ4n) is 2.94. The van der Waals surface area contributed by atoms with Gasteiger partial charge in [-0.25, -0.2) is 9.48 Å². The Kier molecular flexibility index (Phi) is 6.15. The van der Waals surface area contributed by atoms with Crippen molar-refractivity contribution in [3.63, 3.8) is 0 Å². The van der Waals surface area contributed by atoms with Crippen molar-refractivity contribution in [1.29, 1.82) is 0 Å². The largest absolute Gasteiger partial charge is 0.416 e. The Labute approximate surface area is 177 Å². The lowest BCUT2D eigenvalue weighted by Gasteiger charge is -2.14. The van der Waals surface area contributed by atoms with Gasteiger partial charge in [-0.05, 0) is 18.2 Å². The van der Waals surface area contributed by atoms with Crippen molar-refractivity contribution in [3.8, 4) is 11.4 Å². The zero-order chi connectivity index (χ0) is 23.7. The quantitative estimate of drug-likeness (QED) is 0.593. The lowest BCUT2D eigenvalue weighted by atomic mass is 10.0. The van der Waals surface area contributed by atoms with Crippen molar-refractivity contribution >= 4 is 5.91 Å². The minimum Gasteiger partial charge on any atom is -0.350 e. The molecule has 0 aliphatic heterocycles. The van der Waals surface area contributed by atoms with E-state index in [1.165, 1.54) is 11.6 Å². The Hall–Kier alpha value is -3.57. The Morgan fingerprint density at radius 1 is 0.969 bits per heavy atom. The molecule has 1 N–H and O–H groups in total. The van der Waals surface area contributed by atoms with Gasteiger partial charge in [-0.3, -0.25) is 9.36 Å². The van der Waals surface area contributed by atoms with E-state index in [1.807, 2.05) is 0 Å². The van der Waals surface area contributed by atoms with Crippen molar-refractivity contribution in [3.05, 3.63) is 75.7 Å². The lowest BCUT2D eigenvalue weighted by Crippen LogP contribution is -2.32. The number of aromatic nitrogens is 3. The van der Waals surface area contributed by atoms with Crippen molar-refractivity contribution in [2.75, 3.05) is 6.54 Å². The third-order valence-electron chi connectivity index (χ3n) is 4.53. The second kappa shape index (κ2) is 8.52. The molecule has 0 bridgehead atoms. The summed E-state index contributed by atoms with van der Waals surface area (Å²) in [6.45, 7) is -0.391. The van der Waals surface area contributed by atoms with Gasteiger partial charge in [0, 0.05) is 24.7 Å². The fraction of sp³-hybridized carbons (Fsp3) is 0.250. The van der Waals surface area contributed by atoms with Crippen LogP contribution in [0.3, 0.4) is 0 Å². The summed E-state index contributed by atoms with van der Waals surface area (Å²) in [5, 5.41) is 6.38. The molecule has 0 radical (unpaired) electrons. The molecule has 1 aromatic heterocycles. The third kappa shape index (κ3) is 5.01. The zero-order valence-electron chi connectivity index (χ0n) is 16.5. The SMILES string of the molecule is Cn1c(-c2ccccc2)nn(CCNC(=O)c2cc(C(F)(F)F)cc(C(F)(F)F)c2)c1=O. The maximum absolute atomic E-state index is 12.9. The van der Waals surface area contributed by atoms with E-state index in [9.17, 15) is 35.9 Å². The minimum absolute atomic E-state index is 0.0602. The number of halogens is 6. The molecule has 0 aliphatic rings. The van der Waals surface area contributed by atoms with E-state index in [2.05, 4.69) is 10.4 Å². The number of carbonyl (C=O) groups excluding carboxylic acids is 1. The molecule has 1 heterocycles. The summed E-state index contributed by atoms with van der Waals surface area (Å²) in [5.74, 6) is -0.788. The highest BCUT2D eigenvalue weighted by Gasteiger charge is 2.37. The van der Waals surface area contributed by atoms with Crippen molar-refractivity contribution in [2.45, 2.75) is 18.9 Å². The number of alkyl halides is 6. The molecule has 12 heteroatoms. The molecule has 0 saturated heterocycles. The number of benzene rings is 2. The summed E-state index contributed by atoms with van der Waals surface area (Å²) >= 11 is 0. The summed E-state index contributed by atoms with van der Waals surface area (Å²) in [4.78, 5) is 24.5. The van der Waals surface area contributed by atoms with Crippen LogP contribution < -0.4 is 11.0 Å². The molecule has 0 saturated carbocycles. The topological polar surface area (TPSA) is 68.9 Å². The molecule has 6 nitrogen and oxygen atoms in total. The van der Waals surface area contributed by atoms with Gasteiger partial charge in [0.25, 0.3) is 5.91 Å². The smallest absolute Gasteiger partial charge is 0.350 e. The first-order valence-electron chi connectivity index (χ1n) is 9.15. The first-order valence-corrected chi connectivity index (χ1v) is 9.15. The van der Waals surface area contributed by atoms with Gasteiger partial charge in [-0.1, -0.05) is 30.3 Å². The van der Waals surface area contributed by atoms with Gasteiger partial charge in [0.2, 0.25) is 0 Å². The van der Waals surface area contributed by atoms with E-state index in [0.717, 1.165) is 4.68 Å². The Balaban J connectivity index is 1.77. The maximum atomic E-state index is 12.9. The number of rotatable bonds is 5. The molecule has 0 fully saturated rings. The molecule has 0 unspecified atom stereocenters. The summed E-state index contributed by atoms with van der Waals surface area (Å²) < 4.78 is 80.0. The number of hydrogen-bond donors (Lipinski definition) is 1. The van der Waals surface area contributed by atoms with Crippen LogP contribution in [0.15, 0.2) is 53.3 Å². The predicted molar refractivity (Wildman–Crippen MR) is 102 cm³/mol. The van der Waals surface area contributed by atoms with Crippen LogP contribution in [-0.4, -0.2) is 26.8 Å². The molecule has 32 heavy (non-hydrogen) atoms. The van der Waals surface area contributed by atoms with E-state index in [4.69, 9.17) is 0 Å². The number of amides is 1. The van der Waals surface area contributed by atoms with Gasteiger partial charge in [0.15, 0.2) is 5.82 Å². The van der Waals surface area contributed by atoms with E-state index >= 15 is 0 Å². The van der Waals surface area contributed by atoms with Gasteiger partial charge in [0.05, 0.1) is 17.7 Å². The monoisotopic (exact) mass is 458 g/mol. The fourth-order valence-corrected chi connectivity index (χ4v) is 2.94. The normalized spacial score (nSPS) is 12.1. The highest BCUT2D eigenvalue weighted by Crippen LogP contribution is 2.36. The minimum atomic E-state index is -5.06. The van der Waals surface area contributed by atoms with E-state index in [0.29, 0.717) is 23.5 Å². The van der Waals surface area contributed by atoms with Crippen LogP contribution in [-0.2, 0) is 25.9 Å². The second-order valence-corrected chi connectivity index (χ2v) is 6.80.